The summed E-state index contributed by atoms with van der Waals surface area (Å²) in [7, 11) is -9.91. The van der Waals surface area contributed by atoms with Crippen LogP contribution in [0, 0.1) is 17.8 Å². The Kier molecular flexibility index (Phi) is 64.3. The van der Waals surface area contributed by atoms with Crippen LogP contribution in [0.2, 0.25) is 0 Å². The molecule has 0 aromatic carbocycles. The zero-order chi connectivity index (χ0) is 69.4. The molecule has 3 N–H and O–H groups in total. The summed E-state index contributed by atoms with van der Waals surface area (Å²) in [6.07, 6.45) is 51.4. The second-order valence-corrected chi connectivity index (χ2v) is 31.1. The van der Waals surface area contributed by atoms with Crippen LogP contribution in [-0.4, -0.2) is 96.7 Å². The van der Waals surface area contributed by atoms with Gasteiger partial charge in [0.15, 0.2) is 12.2 Å². The number of aliphatic hydroxyl groups is 1. The number of carbonyl (C=O) groups is 4. The predicted molar refractivity (Wildman–Crippen MR) is 381 cm³/mol. The van der Waals surface area contributed by atoms with Gasteiger partial charge in [0, 0.05) is 25.7 Å². The molecule has 0 fully saturated rings. The maximum atomic E-state index is 13.1. The lowest BCUT2D eigenvalue weighted by molar-refractivity contribution is -0.161. The van der Waals surface area contributed by atoms with E-state index in [0.717, 1.165) is 108 Å². The molecule has 0 spiro atoms. The number of rotatable bonds is 73. The zero-order valence-corrected chi connectivity index (χ0v) is 63.2. The smallest absolute Gasteiger partial charge is 0.462 e. The minimum Gasteiger partial charge on any atom is -0.462 e. The molecule has 19 heteroatoms. The summed E-state index contributed by atoms with van der Waals surface area (Å²) < 4.78 is 68.5. The van der Waals surface area contributed by atoms with Crippen molar-refractivity contribution < 1.29 is 80.2 Å². The van der Waals surface area contributed by atoms with Crippen LogP contribution in [0.4, 0.5) is 0 Å². The van der Waals surface area contributed by atoms with Gasteiger partial charge < -0.3 is 33.8 Å². The summed E-state index contributed by atoms with van der Waals surface area (Å²) in [5, 5.41) is 10.6. The second kappa shape index (κ2) is 65.7. The second-order valence-electron chi connectivity index (χ2n) is 28.2. The minimum absolute atomic E-state index is 0.104. The van der Waals surface area contributed by atoms with Gasteiger partial charge in [0.05, 0.1) is 26.4 Å². The van der Waals surface area contributed by atoms with E-state index in [1.807, 2.05) is 0 Å². The van der Waals surface area contributed by atoms with Crippen LogP contribution in [0.3, 0.4) is 0 Å². The third kappa shape index (κ3) is 67.3. The van der Waals surface area contributed by atoms with Crippen molar-refractivity contribution in [2.24, 2.45) is 17.8 Å². The van der Waals surface area contributed by atoms with Crippen molar-refractivity contribution in [3.63, 3.8) is 0 Å². The van der Waals surface area contributed by atoms with Gasteiger partial charge in [0.25, 0.3) is 0 Å². The quantitative estimate of drug-likeness (QED) is 0.0222. The Morgan fingerprint density at radius 3 is 0.809 bits per heavy atom. The molecular formula is C75H146O17P2. The number of carbonyl (C=O) groups excluding carboxylic acids is 4. The Labute approximate surface area is 575 Å². The average molecular weight is 1380 g/mol. The largest absolute Gasteiger partial charge is 0.472 e. The number of phosphoric ester groups is 2. The molecule has 0 aromatic rings. The molecule has 94 heavy (non-hydrogen) atoms. The molecule has 0 heterocycles. The SMILES string of the molecule is CCCCCCCCCCCCCCCCCCCCC(=O)O[C@H](COC(=O)CCCCCCCCCCCCC(C)CC)COP(=O)(O)OC[C@@H](O)COP(=O)(O)OC[C@@H](COC(=O)CCCCCCCCCCC(C)C)OC(=O)CCCCCCCCCCC(C)C. The lowest BCUT2D eigenvalue weighted by Crippen LogP contribution is -2.30. The standard InChI is InChI=1S/C75H146O17P2/c1-8-10-11-12-13-14-15-16-17-18-19-20-21-22-27-37-44-51-58-74(79)91-70(62-85-72(77)56-49-42-35-26-24-23-25-34-41-48-55-68(7)9-2)64-89-93(81,82)87-60-69(76)61-88-94(83,84)90-65-71(92-75(80)59-52-45-38-31-29-33-40-47-54-67(5)6)63-86-73(78)57-50-43-36-30-28-32-39-46-53-66(3)4/h66-71,76H,8-65H2,1-7H3,(H,81,82)(H,83,84)/t68?,69-,70-,71-/m1/s1. The van der Waals surface area contributed by atoms with Crippen LogP contribution in [-0.2, 0) is 65.4 Å². The van der Waals surface area contributed by atoms with E-state index < -0.39 is 97.5 Å². The highest BCUT2D eigenvalue weighted by Crippen LogP contribution is 2.45. The Hall–Kier alpha value is -1.94. The number of phosphoric acid groups is 2. The van der Waals surface area contributed by atoms with Gasteiger partial charge in [0.1, 0.15) is 19.3 Å². The van der Waals surface area contributed by atoms with E-state index in [9.17, 15) is 43.2 Å². The highest BCUT2D eigenvalue weighted by Gasteiger charge is 2.30. The molecule has 0 radical (unpaired) electrons. The molecule has 17 nitrogen and oxygen atoms in total. The van der Waals surface area contributed by atoms with Crippen molar-refractivity contribution in [1.82, 2.24) is 0 Å². The molecule has 0 rings (SSSR count). The van der Waals surface area contributed by atoms with Gasteiger partial charge in [-0.25, -0.2) is 9.13 Å². The third-order valence-corrected chi connectivity index (χ3v) is 19.6. The number of aliphatic hydroxyl groups excluding tert-OH is 1. The van der Waals surface area contributed by atoms with E-state index in [0.29, 0.717) is 25.7 Å². The van der Waals surface area contributed by atoms with Gasteiger partial charge in [-0.15, -0.1) is 0 Å². The van der Waals surface area contributed by atoms with Gasteiger partial charge >= 0.3 is 39.5 Å². The predicted octanol–water partition coefficient (Wildman–Crippen LogP) is 21.8. The summed E-state index contributed by atoms with van der Waals surface area (Å²) in [4.78, 5) is 72.8. The average Bonchev–Trinajstić information content (AvgIpc) is 2.52. The normalized spacial score (nSPS) is 14.4. The number of esters is 4. The molecule has 0 bridgehead atoms. The zero-order valence-electron chi connectivity index (χ0n) is 61.4. The van der Waals surface area contributed by atoms with Crippen LogP contribution in [0.1, 0.15) is 382 Å². The van der Waals surface area contributed by atoms with E-state index in [1.165, 1.54) is 193 Å². The lowest BCUT2D eigenvalue weighted by Gasteiger charge is -2.21. The minimum atomic E-state index is -4.96. The summed E-state index contributed by atoms with van der Waals surface area (Å²) in [6, 6.07) is 0. The van der Waals surface area contributed by atoms with Crippen LogP contribution in [0.15, 0.2) is 0 Å². The first-order valence-corrected chi connectivity index (χ1v) is 41.9. The first-order chi connectivity index (χ1) is 45.3. The number of ether oxygens (including phenoxy) is 4. The molecule has 558 valence electrons. The number of hydrogen-bond donors (Lipinski definition) is 3. The topological polar surface area (TPSA) is 237 Å². The van der Waals surface area contributed by atoms with Gasteiger partial charge in [0.2, 0.25) is 0 Å². The summed E-state index contributed by atoms with van der Waals surface area (Å²) in [5.74, 6) is 0.133. The van der Waals surface area contributed by atoms with Crippen LogP contribution < -0.4 is 0 Å². The molecule has 0 amide bonds. The van der Waals surface area contributed by atoms with Crippen molar-refractivity contribution in [3.05, 3.63) is 0 Å². The molecule has 0 aliphatic heterocycles. The van der Waals surface area contributed by atoms with E-state index >= 15 is 0 Å². The molecule has 6 atom stereocenters. The molecule has 3 unspecified atom stereocenters. The summed E-state index contributed by atoms with van der Waals surface area (Å²) >= 11 is 0. The van der Waals surface area contributed by atoms with Gasteiger partial charge in [-0.05, 0) is 43.4 Å². The fourth-order valence-corrected chi connectivity index (χ4v) is 13.0. The van der Waals surface area contributed by atoms with E-state index in [4.69, 9.17) is 37.0 Å². The van der Waals surface area contributed by atoms with Crippen LogP contribution >= 0.6 is 15.6 Å². The maximum absolute atomic E-state index is 13.1. The Bertz CT molecular complexity index is 1840. The number of hydrogen-bond acceptors (Lipinski definition) is 15. The molecule has 0 saturated carbocycles. The Balaban J connectivity index is 5.25. The van der Waals surface area contributed by atoms with Crippen molar-refractivity contribution in [2.75, 3.05) is 39.6 Å². The van der Waals surface area contributed by atoms with Crippen LogP contribution in [0.5, 0.6) is 0 Å². The van der Waals surface area contributed by atoms with Crippen molar-refractivity contribution >= 4 is 39.5 Å². The Morgan fingerprint density at radius 1 is 0.309 bits per heavy atom. The van der Waals surface area contributed by atoms with Gasteiger partial charge in [-0.2, -0.15) is 0 Å². The van der Waals surface area contributed by atoms with E-state index in [2.05, 4.69) is 48.5 Å². The van der Waals surface area contributed by atoms with Gasteiger partial charge in [-0.1, -0.05) is 331 Å². The molecule has 0 aliphatic rings. The molecule has 0 aromatic heterocycles. The summed E-state index contributed by atoms with van der Waals surface area (Å²) in [5.41, 5.74) is 0. The molecule has 0 saturated heterocycles. The van der Waals surface area contributed by atoms with Crippen molar-refractivity contribution in [1.29, 1.82) is 0 Å². The fourth-order valence-electron chi connectivity index (χ4n) is 11.4. The van der Waals surface area contributed by atoms with E-state index in [-0.39, 0.29) is 25.7 Å². The highest BCUT2D eigenvalue weighted by atomic mass is 31.2. The maximum Gasteiger partial charge on any atom is 0.472 e. The van der Waals surface area contributed by atoms with Crippen molar-refractivity contribution in [3.8, 4) is 0 Å². The third-order valence-electron chi connectivity index (χ3n) is 17.7. The highest BCUT2D eigenvalue weighted by molar-refractivity contribution is 7.47. The molecular weight excluding hydrogens is 1230 g/mol. The first-order valence-electron chi connectivity index (χ1n) is 38.9. The van der Waals surface area contributed by atoms with Crippen molar-refractivity contribution in [2.45, 2.75) is 401 Å². The van der Waals surface area contributed by atoms with Crippen LogP contribution in [0.25, 0.3) is 0 Å². The lowest BCUT2D eigenvalue weighted by atomic mass is 9.99. The van der Waals surface area contributed by atoms with E-state index in [1.54, 1.807) is 0 Å². The number of unbranched alkanes of at least 4 members (excludes halogenated alkanes) is 40. The monoisotopic (exact) mass is 1380 g/mol. The Morgan fingerprint density at radius 2 is 0.543 bits per heavy atom. The summed E-state index contributed by atoms with van der Waals surface area (Å²) in [6.45, 7) is 11.8. The first kappa shape index (κ1) is 92.1. The fraction of sp³-hybridized carbons (Fsp3) is 0.947. The van der Waals surface area contributed by atoms with Gasteiger partial charge in [-0.3, -0.25) is 37.3 Å². The molecule has 0 aliphatic carbocycles.